The largest absolute Gasteiger partial charge is 0.387 e. The van der Waals surface area contributed by atoms with Crippen LogP contribution < -0.4 is 0 Å². The van der Waals surface area contributed by atoms with Crippen LogP contribution in [0.2, 0.25) is 5.02 Å². The summed E-state index contributed by atoms with van der Waals surface area (Å²) in [4.78, 5) is 18.8. The minimum atomic E-state index is -0.436. The summed E-state index contributed by atoms with van der Waals surface area (Å²) in [6.07, 6.45) is 1.15. The molecule has 4 rings (SSSR count). The highest BCUT2D eigenvalue weighted by Gasteiger charge is 2.30. The van der Waals surface area contributed by atoms with Gasteiger partial charge in [-0.2, -0.15) is 0 Å². The highest BCUT2D eigenvalue weighted by molar-refractivity contribution is 7.10. The van der Waals surface area contributed by atoms with E-state index in [1.165, 1.54) is 0 Å². The number of halogens is 1. The molecule has 0 saturated carbocycles. The number of likely N-dealkylation sites (tertiary alicyclic amines) is 1. The number of nitrogens with one attached hydrogen (secondary N) is 1. The number of amides is 1. The number of benzene rings is 1. The molecule has 3 aromatic rings. The van der Waals surface area contributed by atoms with Gasteiger partial charge in [-0.25, -0.2) is 0 Å². The lowest BCUT2D eigenvalue weighted by molar-refractivity contribution is 0.0471. The molecule has 2 N–H and O–H groups in total. The van der Waals surface area contributed by atoms with Crippen molar-refractivity contribution in [1.29, 1.82) is 0 Å². The summed E-state index contributed by atoms with van der Waals surface area (Å²) in [5, 5.41) is 13.8. The number of aliphatic hydroxyl groups excluding tert-OH is 1. The SMILES string of the molecule is O=C(c1[nH]c2ccccc2c1Cl)N1CCC([C@H](O)c2cccs2)CC1. The van der Waals surface area contributed by atoms with Crippen LogP contribution in [0.25, 0.3) is 10.9 Å². The number of rotatable bonds is 3. The molecule has 0 spiro atoms. The average Bonchev–Trinajstić information content (AvgIpc) is 3.30. The molecule has 1 aliphatic heterocycles. The Morgan fingerprint density at radius 1 is 1.24 bits per heavy atom. The summed E-state index contributed by atoms with van der Waals surface area (Å²) >= 11 is 7.98. The van der Waals surface area contributed by atoms with Gasteiger partial charge < -0.3 is 15.0 Å². The van der Waals surface area contributed by atoms with Gasteiger partial charge in [-0.15, -0.1) is 11.3 Å². The monoisotopic (exact) mass is 374 g/mol. The fourth-order valence-electron chi connectivity index (χ4n) is 3.52. The maximum absolute atomic E-state index is 12.8. The van der Waals surface area contributed by atoms with Crippen LogP contribution in [0.15, 0.2) is 41.8 Å². The molecule has 130 valence electrons. The number of thiophene rings is 1. The highest BCUT2D eigenvalue weighted by Crippen LogP contribution is 2.34. The maximum Gasteiger partial charge on any atom is 0.271 e. The van der Waals surface area contributed by atoms with E-state index in [0.717, 1.165) is 28.6 Å². The number of hydrogen-bond donors (Lipinski definition) is 2. The zero-order valence-electron chi connectivity index (χ0n) is 13.6. The summed E-state index contributed by atoms with van der Waals surface area (Å²) in [5.74, 6) is 0.131. The quantitative estimate of drug-likeness (QED) is 0.710. The minimum Gasteiger partial charge on any atom is -0.387 e. The van der Waals surface area contributed by atoms with Gasteiger partial charge in [0.25, 0.3) is 5.91 Å². The van der Waals surface area contributed by atoms with E-state index in [2.05, 4.69) is 4.98 Å². The van der Waals surface area contributed by atoms with Crippen LogP contribution in [0, 0.1) is 5.92 Å². The zero-order valence-corrected chi connectivity index (χ0v) is 15.2. The Labute approximate surface area is 155 Å². The number of aromatic amines is 1. The van der Waals surface area contributed by atoms with E-state index in [9.17, 15) is 9.90 Å². The van der Waals surface area contributed by atoms with Crippen molar-refractivity contribution in [1.82, 2.24) is 9.88 Å². The number of hydrogen-bond acceptors (Lipinski definition) is 3. The fraction of sp³-hybridized carbons (Fsp3) is 0.316. The van der Waals surface area contributed by atoms with E-state index in [0.29, 0.717) is 23.8 Å². The Hall–Kier alpha value is -1.82. The van der Waals surface area contributed by atoms with E-state index >= 15 is 0 Å². The van der Waals surface area contributed by atoms with Gasteiger partial charge in [-0.05, 0) is 36.3 Å². The molecule has 0 aliphatic carbocycles. The van der Waals surface area contributed by atoms with Crippen LogP contribution in [0.3, 0.4) is 0 Å². The Kier molecular flexibility index (Phi) is 4.54. The first-order valence-electron chi connectivity index (χ1n) is 8.42. The summed E-state index contributed by atoms with van der Waals surface area (Å²) in [7, 11) is 0. The van der Waals surface area contributed by atoms with E-state index < -0.39 is 6.10 Å². The molecule has 25 heavy (non-hydrogen) atoms. The van der Waals surface area contributed by atoms with Gasteiger partial charge in [-0.1, -0.05) is 35.9 Å². The number of H-pyrrole nitrogens is 1. The number of carbonyl (C=O) groups excluding carboxylic acids is 1. The van der Waals surface area contributed by atoms with Gasteiger partial charge in [0, 0.05) is 28.9 Å². The van der Waals surface area contributed by atoms with Crippen molar-refractivity contribution < 1.29 is 9.90 Å². The van der Waals surface area contributed by atoms with Gasteiger partial charge in [0.15, 0.2) is 0 Å². The number of para-hydroxylation sites is 1. The predicted octanol–water partition coefficient (Wildman–Crippen LogP) is 4.47. The number of aliphatic hydroxyl groups is 1. The van der Waals surface area contributed by atoms with Crippen LogP contribution in [0.5, 0.6) is 0 Å². The second-order valence-corrected chi connectivity index (χ2v) is 7.81. The molecule has 1 fully saturated rings. The van der Waals surface area contributed by atoms with E-state index in [-0.39, 0.29) is 11.8 Å². The van der Waals surface area contributed by atoms with Gasteiger partial charge in [0.2, 0.25) is 0 Å². The molecular formula is C19H19ClN2O2S. The van der Waals surface area contributed by atoms with Crippen molar-refractivity contribution in [3.63, 3.8) is 0 Å². The van der Waals surface area contributed by atoms with Crippen molar-refractivity contribution >= 4 is 39.7 Å². The van der Waals surface area contributed by atoms with E-state index in [1.807, 2.05) is 46.7 Å². The number of piperidine rings is 1. The standard InChI is InChI=1S/C19H19ClN2O2S/c20-16-13-4-1-2-5-14(13)21-17(16)19(24)22-9-7-12(8-10-22)18(23)15-6-3-11-25-15/h1-6,11-12,18,21,23H,7-10H2/t18-/m0/s1. The zero-order chi connectivity index (χ0) is 17.4. The third kappa shape index (κ3) is 3.08. The van der Waals surface area contributed by atoms with E-state index in [4.69, 9.17) is 11.6 Å². The molecular weight excluding hydrogens is 356 g/mol. The summed E-state index contributed by atoms with van der Waals surface area (Å²) in [6.45, 7) is 1.27. The van der Waals surface area contributed by atoms with Crippen LogP contribution in [0.1, 0.15) is 34.3 Å². The molecule has 0 radical (unpaired) electrons. The smallest absolute Gasteiger partial charge is 0.271 e. The third-order valence-corrected chi connectivity index (χ3v) is 6.30. The topological polar surface area (TPSA) is 56.3 Å². The lowest BCUT2D eigenvalue weighted by Crippen LogP contribution is -2.40. The van der Waals surface area contributed by atoms with Crippen LogP contribution >= 0.6 is 22.9 Å². The van der Waals surface area contributed by atoms with Crippen LogP contribution in [-0.4, -0.2) is 34.0 Å². The number of carbonyl (C=O) groups is 1. The first kappa shape index (κ1) is 16.6. The highest BCUT2D eigenvalue weighted by atomic mass is 35.5. The van der Waals surface area contributed by atoms with Gasteiger partial charge >= 0.3 is 0 Å². The maximum atomic E-state index is 12.8. The molecule has 0 bridgehead atoms. The number of fused-ring (bicyclic) bond motifs is 1. The second-order valence-electron chi connectivity index (χ2n) is 6.45. The van der Waals surface area contributed by atoms with Gasteiger partial charge in [0.1, 0.15) is 5.69 Å². The Balaban J connectivity index is 1.46. The van der Waals surface area contributed by atoms with Crippen LogP contribution in [-0.2, 0) is 0 Å². The fourth-order valence-corrected chi connectivity index (χ4v) is 4.62. The Bertz CT molecular complexity index is 882. The summed E-state index contributed by atoms with van der Waals surface area (Å²) < 4.78 is 0. The predicted molar refractivity (Wildman–Crippen MR) is 101 cm³/mol. The van der Waals surface area contributed by atoms with E-state index in [1.54, 1.807) is 11.3 Å². The molecule has 3 heterocycles. The molecule has 1 amide bonds. The summed E-state index contributed by atoms with van der Waals surface area (Å²) in [6, 6.07) is 11.6. The molecule has 1 atom stereocenters. The van der Waals surface area contributed by atoms with Crippen molar-refractivity contribution in [2.24, 2.45) is 5.92 Å². The Morgan fingerprint density at radius 2 is 2.00 bits per heavy atom. The average molecular weight is 375 g/mol. The minimum absolute atomic E-state index is 0.0646. The van der Waals surface area contributed by atoms with Crippen molar-refractivity contribution in [2.75, 3.05) is 13.1 Å². The Morgan fingerprint density at radius 3 is 2.68 bits per heavy atom. The summed E-state index contributed by atoms with van der Waals surface area (Å²) in [5.41, 5.74) is 1.33. The first-order valence-corrected chi connectivity index (χ1v) is 9.68. The molecule has 4 nitrogen and oxygen atoms in total. The van der Waals surface area contributed by atoms with Gasteiger partial charge in [-0.3, -0.25) is 4.79 Å². The van der Waals surface area contributed by atoms with Gasteiger partial charge in [0.05, 0.1) is 11.1 Å². The third-order valence-electron chi connectivity index (χ3n) is 4.96. The van der Waals surface area contributed by atoms with Crippen molar-refractivity contribution in [3.05, 3.63) is 57.4 Å². The molecule has 1 aromatic carbocycles. The normalized spacial score (nSPS) is 17.1. The molecule has 2 aromatic heterocycles. The first-order chi connectivity index (χ1) is 12.1. The lowest BCUT2D eigenvalue weighted by Gasteiger charge is -2.33. The second kappa shape index (κ2) is 6.83. The number of aromatic nitrogens is 1. The molecule has 6 heteroatoms. The molecule has 0 unspecified atom stereocenters. The lowest BCUT2D eigenvalue weighted by atomic mass is 9.90. The number of nitrogens with zero attached hydrogens (tertiary/aromatic N) is 1. The van der Waals surface area contributed by atoms with Crippen molar-refractivity contribution in [2.45, 2.75) is 18.9 Å². The van der Waals surface area contributed by atoms with Crippen molar-refractivity contribution in [3.8, 4) is 0 Å². The molecule has 1 aliphatic rings. The van der Waals surface area contributed by atoms with Crippen LogP contribution in [0.4, 0.5) is 0 Å². The molecule has 1 saturated heterocycles.